The molecule has 1 N–H and O–H groups in total. The zero-order valence-electron chi connectivity index (χ0n) is 18.5. The largest absolute Gasteiger partial charge is 0.454 e. The zero-order chi connectivity index (χ0) is 23.0. The number of hydrogen-bond donors (Lipinski definition) is 1. The lowest BCUT2D eigenvalue weighted by atomic mass is 9.95. The number of anilines is 1. The number of carbonyl (C=O) groups excluding carboxylic acids is 3. The average molecular weight is 472 g/mol. The van der Waals surface area contributed by atoms with E-state index in [2.05, 4.69) is 10.3 Å². The first-order chi connectivity index (χ1) is 15.3. The number of Topliss-reactive ketones (excluding diaryl/α,β-unsaturated/α-hetero) is 1. The van der Waals surface area contributed by atoms with Gasteiger partial charge in [-0.15, -0.1) is 22.7 Å². The summed E-state index contributed by atoms with van der Waals surface area (Å²) >= 11 is 2.94. The molecule has 0 saturated heterocycles. The Morgan fingerprint density at radius 2 is 1.94 bits per heavy atom. The Balaban J connectivity index is 1.54. The predicted octanol–water partition coefficient (Wildman–Crippen LogP) is 4.80. The van der Waals surface area contributed by atoms with E-state index in [0.29, 0.717) is 16.1 Å². The molecule has 0 unspecified atom stereocenters. The molecule has 168 valence electrons. The Morgan fingerprint density at radius 1 is 1.19 bits per heavy atom. The standard InChI is InChI=1S/C23H25N3O4S2/c1-12-11-31-23(24-12)26-13(2)9-17(14(26)3)18(28)10-30-22(29)20-16-7-5-6-8-19(16)32-21(20)25-15(4)27/h9,11H,5-8,10H2,1-4H3,(H,25,27). The molecule has 0 saturated carbocycles. The van der Waals surface area contributed by atoms with Gasteiger partial charge in [-0.3, -0.25) is 14.2 Å². The number of rotatable bonds is 6. The summed E-state index contributed by atoms with van der Waals surface area (Å²) in [5.41, 5.74) is 4.44. The van der Waals surface area contributed by atoms with Crippen molar-refractivity contribution in [2.75, 3.05) is 11.9 Å². The maximum Gasteiger partial charge on any atom is 0.341 e. The van der Waals surface area contributed by atoms with E-state index in [4.69, 9.17) is 4.74 Å². The minimum atomic E-state index is -0.564. The number of esters is 1. The SMILES string of the molecule is CC(=O)Nc1sc2c(c1C(=O)OCC(=O)c1cc(C)n(-c3nc(C)cs3)c1C)CCCC2. The van der Waals surface area contributed by atoms with E-state index in [1.165, 1.54) is 29.6 Å². The number of nitrogens with zero attached hydrogens (tertiary/aromatic N) is 2. The minimum absolute atomic E-state index is 0.237. The number of aryl methyl sites for hydroxylation is 3. The van der Waals surface area contributed by atoms with Crippen molar-refractivity contribution in [1.29, 1.82) is 0 Å². The molecule has 1 aliphatic carbocycles. The first kappa shape index (κ1) is 22.4. The highest BCUT2D eigenvalue weighted by Crippen LogP contribution is 2.38. The highest BCUT2D eigenvalue weighted by Gasteiger charge is 2.28. The summed E-state index contributed by atoms with van der Waals surface area (Å²) < 4.78 is 7.39. The van der Waals surface area contributed by atoms with Gasteiger partial charge in [0.1, 0.15) is 5.00 Å². The zero-order valence-corrected chi connectivity index (χ0v) is 20.2. The lowest BCUT2D eigenvalue weighted by Crippen LogP contribution is -2.18. The van der Waals surface area contributed by atoms with Crippen molar-refractivity contribution in [2.24, 2.45) is 0 Å². The molecule has 0 bridgehead atoms. The fraction of sp³-hybridized carbons (Fsp3) is 0.391. The minimum Gasteiger partial charge on any atom is -0.454 e. The summed E-state index contributed by atoms with van der Waals surface area (Å²) in [5.74, 6) is -1.07. The third-order valence-electron chi connectivity index (χ3n) is 5.53. The molecule has 4 rings (SSSR count). The van der Waals surface area contributed by atoms with Gasteiger partial charge in [-0.2, -0.15) is 0 Å². The molecular formula is C23H25N3O4S2. The van der Waals surface area contributed by atoms with Crippen molar-refractivity contribution in [3.8, 4) is 5.13 Å². The number of fused-ring (bicyclic) bond motifs is 1. The molecule has 1 aliphatic rings. The molecular weight excluding hydrogens is 446 g/mol. The van der Waals surface area contributed by atoms with Crippen LogP contribution in [0.5, 0.6) is 0 Å². The maximum absolute atomic E-state index is 13.0. The van der Waals surface area contributed by atoms with Crippen molar-refractivity contribution in [1.82, 2.24) is 9.55 Å². The maximum atomic E-state index is 13.0. The van der Waals surface area contributed by atoms with Crippen LogP contribution in [0, 0.1) is 20.8 Å². The Hall–Kier alpha value is -2.78. The van der Waals surface area contributed by atoms with E-state index in [-0.39, 0.29) is 18.3 Å². The normalized spacial score (nSPS) is 13.0. The van der Waals surface area contributed by atoms with Crippen molar-refractivity contribution in [3.05, 3.63) is 50.1 Å². The molecule has 32 heavy (non-hydrogen) atoms. The van der Waals surface area contributed by atoms with Crippen molar-refractivity contribution in [3.63, 3.8) is 0 Å². The Bertz CT molecular complexity index is 1220. The van der Waals surface area contributed by atoms with Crippen LogP contribution in [0.25, 0.3) is 5.13 Å². The quantitative estimate of drug-likeness (QED) is 0.412. The van der Waals surface area contributed by atoms with Crippen LogP contribution in [0.2, 0.25) is 0 Å². The molecule has 7 nitrogen and oxygen atoms in total. The summed E-state index contributed by atoms with van der Waals surface area (Å²) in [4.78, 5) is 43.1. The van der Waals surface area contributed by atoms with E-state index in [0.717, 1.165) is 58.3 Å². The highest BCUT2D eigenvalue weighted by molar-refractivity contribution is 7.17. The Labute approximate surface area is 194 Å². The molecule has 0 fully saturated rings. The van der Waals surface area contributed by atoms with Gasteiger partial charge in [0.25, 0.3) is 0 Å². The van der Waals surface area contributed by atoms with Crippen LogP contribution in [0.3, 0.4) is 0 Å². The molecule has 3 aromatic rings. The molecule has 3 aromatic heterocycles. The van der Waals surface area contributed by atoms with Crippen LogP contribution in [0.4, 0.5) is 5.00 Å². The molecule has 0 spiro atoms. The number of ketones is 1. The van der Waals surface area contributed by atoms with Gasteiger partial charge in [-0.1, -0.05) is 0 Å². The van der Waals surface area contributed by atoms with Crippen molar-refractivity contribution >= 4 is 45.3 Å². The monoisotopic (exact) mass is 471 g/mol. The highest BCUT2D eigenvalue weighted by atomic mass is 32.1. The number of hydrogen-bond acceptors (Lipinski definition) is 7. The fourth-order valence-electron chi connectivity index (χ4n) is 4.09. The fourth-order valence-corrected chi connectivity index (χ4v) is 6.33. The molecule has 0 aromatic carbocycles. The van der Waals surface area contributed by atoms with Crippen molar-refractivity contribution < 1.29 is 19.1 Å². The predicted molar refractivity (Wildman–Crippen MR) is 126 cm³/mol. The van der Waals surface area contributed by atoms with Crippen LogP contribution < -0.4 is 5.32 Å². The number of ether oxygens (including phenoxy) is 1. The van der Waals surface area contributed by atoms with Crippen LogP contribution >= 0.6 is 22.7 Å². The number of thiazole rings is 1. The van der Waals surface area contributed by atoms with Gasteiger partial charge in [-0.25, -0.2) is 9.78 Å². The van der Waals surface area contributed by atoms with Gasteiger partial charge in [0.15, 0.2) is 11.7 Å². The topological polar surface area (TPSA) is 90.3 Å². The first-order valence-electron chi connectivity index (χ1n) is 10.5. The third-order valence-corrected chi connectivity index (χ3v) is 7.68. The van der Waals surface area contributed by atoms with Gasteiger partial charge in [0.05, 0.1) is 11.3 Å². The summed E-state index contributed by atoms with van der Waals surface area (Å²) in [6.45, 7) is 6.77. The summed E-state index contributed by atoms with van der Waals surface area (Å²) in [6.07, 6.45) is 3.72. The van der Waals surface area contributed by atoms with Gasteiger partial charge in [-0.05, 0) is 58.1 Å². The molecule has 1 amide bonds. The van der Waals surface area contributed by atoms with Gasteiger partial charge >= 0.3 is 5.97 Å². The Morgan fingerprint density at radius 3 is 2.62 bits per heavy atom. The summed E-state index contributed by atoms with van der Waals surface area (Å²) in [7, 11) is 0. The Kier molecular flexibility index (Phi) is 6.30. The second-order valence-corrected chi connectivity index (χ2v) is 9.93. The van der Waals surface area contributed by atoms with Crippen LogP contribution in [-0.2, 0) is 22.4 Å². The summed E-state index contributed by atoms with van der Waals surface area (Å²) in [6, 6.07) is 1.80. The van der Waals surface area contributed by atoms with Crippen LogP contribution in [0.1, 0.15) is 68.0 Å². The van der Waals surface area contributed by atoms with Crippen molar-refractivity contribution in [2.45, 2.75) is 53.4 Å². The number of carbonyl (C=O) groups is 3. The first-order valence-corrected chi connectivity index (χ1v) is 12.2. The van der Waals surface area contributed by atoms with Gasteiger partial charge in [0.2, 0.25) is 11.7 Å². The van der Waals surface area contributed by atoms with E-state index in [1.807, 2.05) is 30.7 Å². The third kappa shape index (κ3) is 4.27. The smallest absolute Gasteiger partial charge is 0.341 e. The summed E-state index contributed by atoms with van der Waals surface area (Å²) in [5, 5.41) is 6.04. The van der Waals surface area contributed by atoms with E-state index in [9.17, 15) is 14.4 Å². The number of thiophene rings is 1. The van der Waals surface area contributed by atoms with Crippen LogP contribution in [-0.4, -0.2) is 33.8 Å². The number of nitrogens with one attached hydrogen (secondary N) is 1. The van der Waals surface area contributed by atoms with E-state index in [1.54, 1.807) is 6.07 Å². The molecule has 3 heterocycles. The number of amides is 1. The number of aromatic nitrogens is 2. The molecule has 0 atom stereocenters. The van der Waals surface area contributed by atoms with Crippen LogP contribution in [0.15, 0.2) is 11.4 Å². The average Bonchev–Trinajstić information content (AvgIpc) is 3.40. The lowest BCUT2D eigenvalue weighted by Gasteiger charge is -2.12. The van der Waals surface area contributed by atoms with Gasteiger partial charge in [0, 0.05) is 34.1 Å². The van der Waals surface area contributed by atoms with Gasteiger partial charge < -0.3 is 10.1 Å². The van der Waals surface area contributed by atoms with E-state index < -0.39 is 5.97 Å². The molecule has 0 aliphatic heterocycles. The van der Waals surface area contributed by atoms with E-state index >= 15 is 0 Å². The second kappa shape index (κ2) is 8.99. The molecule has 9 heteroatoms. The lowest BCUT2D eigenvalue weighted by molar-refractivity contribution is -0.114. The molecule has 0 radical (unpaired) electrons. The second-order valence-electron chi connectivity index (χ2n) is 7.99.